The molecule has 0 fully saturated rings. The summed E-state index contributed by atoms with van der Waals surface area (Å²) < 4.78 is 37.5. The maximum atomic E-state index is 12.1. The van der Waals surface area contributed by atoms with Crippen LogP contribution in [0, 0.1) is 0 Å². The van der Waals surface area contributed by atoms with E-state index >= 15 is 0 Å². The van der Waals surface area contributed by atoms with Crippen molar-refractivity contribution >= 4 is 21.6 Å². The monoisotopic (exact) mass is 392 g/mol. The number of para-hydroxylation sites is 2. The number of hydrogen-bond donors (Lipinski definition) is 2. The number of nitrogens with one attached hydrogen (secondary N) is 2. The predicted octanol–water partition coefficient (Wildman–Crippen LogP) is 2.79. The Hall–Kier alpha value is -2.58. The van der Waals surface area contributed by atoms with Gasteiger partial charge in [-0.2, -0.15) is 0 Å². The van der Waals surface area contributed by atoms with E-state index in [0.29, 0.717) is 23.8 Å². The highest BCUT2D eigenvalue weighted by atomic mass is 32.2. The van der Waals surface area contributed by atoms with Crippen LogP contribution in [0.5, 0.6) is 11.5 Å². The van der Waals surface area contributed by atoms with Crippen molar-refractivity contribution in [2.45, 2.75) is 31.7 Å². The summed E-state index contributed by atoms with van der Waals surface area (Å²) in [7, 11) is -3.56. The lowest BCUT2D eigenvalue weighted by Crippen LogP contribution is -2.30. The van der Waals surface area contributed by atoms with Gasteiger partial charge in [0.2, 0.25) is 10.0 Å². The number of ether oxygens (including phenoxy) is 2. The molecule has 0 unspecified atom stereocenters. The van der Waals surface area contributed by atoms with E-state index in [4.69, 9.17) is 9.47 Å². The normalized spacial score (nSPS) is 11.3. The Morgan fingerprint density at radius 3 is 2.33 bits per heavy atom. The average molecular weight is 392 g/mol. The van der Waals surface area contributed by atoms with Crippen molar-refractivity contribution in [2.24, 2.45) is 0 Å². The first-order valence-electron chi connectivity index (χ1n) is 8.58. The molecule has 0 radical (unpaired) electrons. The Morgan fingerprint density at radius 1 is 1.04 bits per heavy atom. The van der Waals surface area contributed by atoms with Gasteiger partial charge < -0.3 is 14.8 Å². The highest BCUT2D eigenvalue weighted by molar-refractivity contribution is 7.89. The topological polar surface area (TPSA) is 93.7 Å². The molecule has 0 aliphatic heterocycles. The second-order valence-corrected chi connectivity index (χ2v) is 7.73. The fraction of sp³-hybridized carbons (Fsp3) is 0.316. The minimum atomic E-state index is -3.56. The van der Waals surface area contributed by atoms with Crippen LogP contribution >= 0.6 is 0 Å². The molecule has 0 bridgehead atoms. The van der Waals surface area contributed by atoms with E-state index < -0.39 is 10.0 Å². The lowest BCUT2D eigenvalue weighted by molar-refractivity contribution is -0.118. The maximum Gasteiger partial charge on any atom is 0.262 e. The van der Waals surface area contributed by atoms with Gasteiger partial charge in [0.25, 0.3) is 5.91 Å². The van der Waals surface area contributed by atoms with Gasteiger partial charge in [-0.1, -0.05) is 12.1 Å². The number of carbonyl (C=O) groups is 1. The Morgan fingerprint density at radius 2 is 1.70 bits per heavy atom. The van der Waals surface area contributed by atoms with E-state index in [0.717, 1.165) is 0 Å². The van der Waals surface area contributed by atoms with Crippen molar-refractivity contribution in [3.8, 4) is 11.5 Å². The van der Waals surface area contributed by atoms with Gasteiger partial charge in [-0.15, -0.1) is 0 Å². The summed E-state index contributed by atoms with van der Waals surface area (Å²) in [6.07, 6.45) is 0. The second-order valence-electron chi connectivity index (χ2n) is 6.01. The molecule has 1 amide bonds. The van der Waals surface area contributed by atoms with Crippen LogP contribution in [0.2, 0.25) is 0 Å². The summed E-state index contributed by atoms with van der Waals surface area (Å²) in [6.45, 7) is 5.64. The van der Waals surface area contributed by atoms with Crippen LogP contribution in [-0.2, 0) is 14.8 Å². The molecule has 2 aromatic carbocycles. The van der Waals surface area contributed by atoms with Gasteiger partial charge in [0.1, 0.15) is 11.5 Å². The molecule has 0 saturated heterocycles. The van der Waals surface area contributed by atoms with Crippen LogP contribution in [0.15, 0.2) is 53.4 Å². The molecule has 27 heavy (non-hydrogen) atoms. The van der Waals surface area contributed by atoms with Crippen molar-refractivity contribution in [2.75, 3.05) is 18.5 Å². The summed E-state index contributed by atoms with van der Waals surface area (Å²) in [5, 5.41) is 2.73. The number of sulfonamides is 1. The third-order valence-corrected chi connectivity index (χ3v) is 5.03. The molecule has 2 aromatic rings. The zero-order valence-electron chi connectivity index (χ0n) is 15.6. The number of benzene rings is 2. The molecule has 146 valence electrons. The number of rotatable bonds is 9. The zero-order valence-corrected chi connectivity index (χ0v) is 16.4. The van der Waals surface area contributed by atoms with Crippen molar-refractivity contribution in [1.29, 1.82) is 0 Å². The minimum absolute atomic E-state index is 0.138. The van der Waals surface area contributed by atoms with Gasteiger partial charge in [-0.25, -0.2) is 13.1 Å². The van der Waals surface area contributed by atoms with Gasteiger partial charge in [0.05, 0.1) is 17.2 Å². The summed E-state index contributed by atoms with van der Waals surface area (Å²) in [5.74, 6) is 0.632. The molecular formula is C19H24N2O5S. The lowest BCUT2D eigenvalue weighted by Gasteiger charge is -2.12. The van der Waals surface area contributed by atoms with E-state index in [1.165, 1.54) is 24.3 Å². The fourth-order valence-corrected chi connectivity index (χ4v) is 3.53. The number of carbonyl (C=O) groups excluding carboxylic acids is 1. The molecule has 2 rings (SSSR count). The maximum absolute atomic E-state index is 12.1. The number of hydrogen-bond acceptors (Lipinski definition) is 5. The van der Waals surface area contributed by atoms with Gasteiger partial charge in [-0.05, 0) is 57.2 Å². The second kappa shape index (κ2) is 9.38. The Kier molecular flexibility index (Phi) is 7.20. The van der Waals surface area contributed by atoms with E-state index in [1.54, 1.807) is 32.0 Å². The van der Waals surface area contributed by atoms with Crippen LogP contribution in [0.4, 0.5) is 5.69 Å². The quantitative estimate of drug-likeness (QED) is 0.684. The lowest BCUT2D eigenvalue weighted by atomic mass is 10.3. The zero-order chi connectivity index (χ0) is 19.9. The van der Waals surface area contributed by atoms with Crippen molar-refractivity contribution in [1.82, 2.24) is 4.72 Å². The van der Waals surface area contributed by atoms with E-state index in [1.807, 2.05) is 13.0 Å². The molecule has 7 nitrogen and oxygen atoms in total. The highest BCUT2D eigenvalue weighted by Crippen LogP contribution is 2.23. The first-order valence-corrected chi connectivity index (χ1v) is 10.1. The molecular weight excluding hydrogens is 368 g/mol. The van der Waals surface area contributed by atoms with Crippen molar-refractivity contribution in [3.63, 3.8) is 0 Å². The van der Waals surface area contributed by atoms with Crippen LogP contribution in [0.1, 0.15) is 20.8 Å². The minimum Gasteiger partial charge on any atom is -0.492 e. The van der Waals surface area contributed by atoms with Crippen LogP contribution < -0.4 is 19.5 Å². The molecule has 8 heteroatoms. The number of amides is 1. The molecule has 0 aliphatic carbocycles. The largest absolute Gasteiger partial charge is 0.492 e. The highest BCUT2D eigenvalue weighted by Gasteiger charge is 2.15. The van der Waals surface area contributed by atoms with Crippen LogP contribution in [0.25, 0.3) is 0 Å². The molecule has 0 aromatic heterocycles. The third-order valence-electron chi connectivity index (χ3n) is 3.36. The summed E-state index contributed by atoms with van der Waals surface area (Å²) >= 11 is 0. The summed E-state index contributed by atoms with van der Waals surface area (Å²) in [6, 6.07) is 12.8. The molecule has 0 aliphatic rings. The first-order chi connectivity index (χ1) is 12.8. The fourth-order valence-electron chi connectivity index (χ4n) is 2.28. The van der Waals surface area contributed by atoms with Gasteiger partial charge in [0.15, 0.2) is 6.61 Å². The van der Waals surface area contributed by atoms with Gasteiger partial charge >= 0.3 is 0 Å². The number of anilines is 1. The van der Waals surface area contributed by atoms with Gasteiger partial charge in [0, 0.05) is 6.04 Å². The van der Waals surface area contributed by atoms with Crippen molar-refractivity contribution in [3.05, 3.63) is 48.5 Å². The van der Waals surface area contributed by atoms with Gasteiger partial charge in [-0.3, -0.25) is 4.79 Å². The molecule has 0 saturated carbocycles. The summed E-state index contributed by atoms with van der Waals surface area (Å²) in [5.41, 5.74) is 0.564. The first kappa shape index (κ1) is 20.7. The smallest absolute Gasteiger partial charge is 0.262 e. The van der Waals surface area contributed by atoms with Crippen LogP contribution in [0.3, 0.4) is 0 Å². The van der Waals surface area contributed by atoms with Crippen molar-refractivity contribution < 1.29 is 22.7 Å². The van der Waals surface area contributed by atoms with E-state index in [9.17, 15) is 13.2 Å². The molecule has 2 N–H and O–H groups in total. The Balaban J connectivity index is 1.94. The molecule has 0 heterocycles. The SMILES string of the molecule is CCOc1ccccc1NC(=O)COc1ccc(S(=O)(=O)NC(C)C)cc1. The van der Waals surface area contributed by atoms with Crippen LogP contribution in [-0.4, -0.2) is 33.6 Å². The summed E-state index contributed by atoms with van der Waals surface area (Å²) in [4.78, 5) is 12.2. The Bertz CT molecular complexity index is 864. The Labute approximate surface area is 159 Å². The average Bonchev–Trinajstić information content (AvgIpc) is 2.61. The molecule has 0 spiro atoms. The molecule has 0 atom stereocenters. The standard InChI is InChI=1S/C19H24N2O5S/c1-4-25-18-8-6-5-7-17(18)20-19(22)13-26-15-9-11-16(12-10-15)27(23,24)21-14(2)3/h5-12,14,21H,4,13H2,1-3H3,(H,20,22). The van der Waals surface area contributed by atoms with E-state index in [2.05, 4.69) is 10.0 Å². The predicted molar refractivity (Wildman–Crippen MR) is 104 cm³/mol. The van der Waals surface area contributed by atoms with E-state index in [-0.39, 0.29) is 23.5 Å². The third kappa shape index (κ3) is 6.26.